The van der Waals surface area contributed by atoms with Crippen molar-refractivity contribution >= 4 is 17.6 Å². The van der Waals surface area contributed by atoms with Crippen molar-refractivity contribution in [2.24, 2.45) is 0 Å². The van der Waals surface area contributed by atoms with Gasteiger partial charge in [-0.05, 0) is 12.1 Å². The zero-order valence-corrected chi connectivity index (χ0v) is 12.6. The van der Waals surface area contributed by atoms with Crippen molar-refractivity contribution in [2.75, 3.05) is 27.3 Å². The fraction of sp³-hybridized carbons (Fsp3) is 0.357. The van der Waals surface area contributed by atoms with Gasteiger partial charge < -0.3 is 14.4 Å². The molecule has 9 heteroatoms. The summed E-state index contributed by atoms with van der Waals surface area (Å²) in [5, 5.41) is 19.3. The van der Waals surface area contributed by atoms with Gasteiger partial charge in [-0.1, -0.05) is 0 Å². The Labute approximate surface area is 132 Å². The van der Waals surface area contributed by atoms with E-state index in [-0.39, 0.29) is 30.0 Å². The van der Waals surface area contributed by atoms with E-state index in [1.165, 1.54) is 31.2 Å². The Morgan fingerprint density at radius 3 is 2.70 bits per heavy atom. The Morgan fingerprint density at radius 2 is 2.13 bits per heavy atom. The van der Waals surface area contributed by atoms with Gasteiger partial charge in [0.15, 0.2) is 12.4 Å². The first-order valence-electron chi connectivity index (χ1n) is 6.51. The maximum atomic E-state index is 11.9. The topological polar surface area (TPSA) is 123 Å². The lowest BCUT2D eigenvalue weighted by Gasteiger charge is -2.15. The maximum absolute atomic E-state index is 11.9. The second-order valence-electron chi connectivity index (χ2n) is 4.44. The van der Waals surface area contributed by atoms with Crippen LogP contribution in [0.4, 0.5) is 5.69 Å². The number of amides is 1. The lowest BCUT2D eigenvalue weighted by Crippen LogP contribution is -2.31. The van der Waals surface area contributed by atoms with Crippen molar-refractivity contribution in [2.45, 2.75) is 6.42 Å². The normalized spacial score (nSPS) is 9.61. The van der Waals surface area contributed by atoms with Crippen LogP contribution >= 0.6 is 0 Å². The molecule has 1 aromatic rings. The molecule has 0 aromatic heterocycles. The molecule has 0 fully saturated rings. The zero-order valence-electron chi connectivity index (χ0n) is 12.6. The van der Waals surface area contributed by atoms with Gasteiger partial charge in [0.2, 0.25) is 0 Å². The number of rotatable bonds is 7. The molecule has 0 N–H and O–H groups in total. The minimum Gasteiger partial charge on any atom is -0.490 e. The molecule has 0 saturated heterocycles. The highest BCUT2D eigenvalue weighted by molar-refractivity contribution is 5.92. The number of carbonyl (C=O) groups is 2. The summed E-state index contributed by atoms with van der Waals surface area (Å²) in [7, 11) is 2.75. The third-order valence-electron chi connectivity index (χ3n) is 2.92. The Morgan fingerprint density at radius 1 is 1.43 bits per heavy atom. The van der Waals surface area contributed by atoms with Crippen LogP contribution < -0.4 is 4.74 Å². The first-order chi connectivity index (χ1) is 10.9. The summed E-state index contributed by atoms with van der Waals surface area (Å²) < 4.78 is 9.65. The number of methoxy groups -OCH3 is 1. The highest BCUT2D eigenvalue weighted by atomic mass is 16.6. The van der Waals surface area contributed by atoms with Gasteiger partial charge in [-0.3, -0.25) is 14.9 Å². The molecule has 122 valence electrons. The summed E-state index contributed by atoms with van der Waals surface area (Å²) in [6.45, 7) is -0.290. The van der Waals surface area contributed by atoms with Crippen LogP contribution in [0, 0.1) is 21.4 Å². The Kier molecular flexibility index (Phi) is 6.48. The Balaban J connectivity index is 2.72. The molecular formula is C14H15N3O6. The van der Waals surface area contributed by atoms with Crippen LogP contribution in [0.1, 0.15) is 16.8 Å². The summed E-state index contributed by atoms with van der Waals surface area (Å²) in [6, 6.07) is 5.49. The quantitative estimate of drug-likeness (QED) is 0.419. The number of carbonyl (C=O) groups excluding carboxylic acids is 2. The number of nitro groups is 1. The number of benzene rings is 1. The summed E-state index contributed by atoms with van der Waals surface area (Å²) in [5.41, 5.74) is -0.440. The Bertz CT molecular complexity index is 652. The maximum Gasteiger partial charge on any atom is 0.338 e. The van der Waals surface area contributed by atoms with Crippen LogP contribution in [-0.2, 0) is 9.53 Å². The largest absolute Gasteiger partial charge is 0.490 e. The average Bonchev–Trinajstić information content (AvgIpc) is 2.56. The molecular weight excluding hydrogens is 306 g/mol. The van der Waals surface area contributed by atoms with Crippen LogP contribution in [0.25, 0.3) is 0 Å². The van der Waals surface area contributed by atoms with Gasteiger partial charge in [-0.15, -0.1) is 0 Å². The van der Waals surface area contributed by atoms with E-state index >= 15 is 0 Å². The summed E-state index contributed by atoms with van der Waals surface area (Å²) in [6.07, 6.45) is 0.168. The van der Waals surface area contributed by atoms with Crippen molar-refractivity contribution < 1.29 is 24.0 Å². The van der Waals surface area contributed by atoms with Gasteiger partial charge in [0.1, 0.15) is 0 Å². The standard InChI is InChI=1S/C14H15N3O6/c1-16(7-3-6-15)13(18)9-23-14(19)10-4-5-12(22-2)11(8-10)17(20)21/h4-5,8H,3,7,9H2,1-2H3. The zero-order chi connectivity index (χ0) is 17.4. The lowest BCUT2D eigenvalue weighted by atomic mass is 10.2. The Hall–Kier alpha value is -3.15. The molecule has 0 bridgehead atoms. The molecule has 0 aliphatic rings. The van der Waals surface area contributed by atoms with Gasteiger partial charge in [-0.2, -0.15) is 5.26 Å². The highest BCUT2D eigenvalue weighted by Gasteiger charge is 2.20. The second-order valence-corrected chi connectivity index (χ2v) is 4.44. The van der Waals surface area contributed by atoms with Gasteiger partial charge in [0.05, 0.1) is 30.1 Å². The fourth-order valence-electron chi connectivity index (χ4n) is 1.62. The number of esters is 1. The van der Waals surface area contributed by atoms with E-state index in [2.05, 4.69) is 0 Å². The van der Waals surface area contributed by atoms with E-state index in [4.69, 9.17) is 14.7 Å². The number of nitriles is 1. The van der Waals surface area contributed by atoms with Crippen LogP contribution in [0.3, 0.4) is 0 Å². The molecule has 0 saturated carbocycles. The third-order valence-corrected chi connectivity index (χ3v) is 2.92. The highest BCUT2D eigenvalue weighted by Crippen LogP contribution is 2.27. The average molecular weight is 321 g/mol. The minimum atomic E-state index is -0.863. The van der Waals surface area contributed by atoms with Gasteiger partial charge in [0.25, 0.3) is 5.91 Å². The molecule has 0 radical (unpaired) electrons. The van der Waals surface area contributed by atoms with Crippen LogP contribution in [0.2, 0.25) is 0 Å². The van der Waals surface area contributed by atoms with Gasteiger partial charge >= 0.3 is 11.7 Å². The van der Waals surface area contributed by atoms with Gasteiger partial charge in [0, 0.05) is 19.7 Å². The number of nitro benzene ring substituents is 1. The monoisotopic (exact) mass is 321 g/mol. The molecule has 0 aliphatic heterocycles. The fourth-order valence-corrected chi connectivity index (χ4v) is 1.62. The van der Waals surface area contributed by atoms with E-state index in [0.717, 1.165) is 6.07 Å². The molecule has 0 aliphatic carbocycles. The smallest absolute Gasteiger partial charge is 0.338 e. The molecule has 1 amide bonds. The molecule has 1 aromatic carbocycles. The molecule has 0 heterocycles. The van der Waals surface area contributed by atoms with Crippen molar-refractivity contribution in [3.63, 3.8) is 0 Å². The first-order valence-corrected chi connectivity index (χ1v) is 6.51. The van der Waals surface area contributed by atoms with Gasteiger partial charge in [-0.25, -0.2) is 4.79 Å². The van der Waals surface area contributed by atoms with E-state index < -0.39 is 23.4 Å². The van der Waals surface area contributed by atoms with Crippen molar-refractivity contribution in [3.8, 4) is 11.8 Å². The minimum absolute atomic E-state index is 0.0128. The number of hydrogen-bond donors (Lipinski definition) is 0. The van der Waals surface area contributed by atoms with E-state index in [0.29, 0.717) is 0 Å². The number of likely N-dealkylation sites (N-methyl/N-ethyl adjacent to an activating group) is 1. The summed E-state index contributed by atoms with van der Waals surface area (Å²) >= 11 is 0. The van der Waals surface area contributed by atoms with E-state index in [1.807, 2.05) is 6.07 Å². The molecule has 0 unspecified atom stereocenters. The summed E-state index contributed by atoms with van der Waals surface area (Å²) in [5.74, 6) is -1.33. The number of ether oxygens (including phenoxy) is 2. The van der Waals surface area contributed by atoms with Crippen LogP contribution in [0.5, 0.6) is 5.75 Å². The van der Waals surface area contributed by atoms with Crippen LogP contribution in [0.15, 0.2) is 18.2 Å². The molecule has 0 spiro atoms. The second kappa shape index (κ2) is 8.33. The van der Waals surface area contributed by atoms with Crippen molar-refractivity contribution in [1.29, 1.82) is 5.26 Å². The third kappa shape index (κ3) is 4.96. The number of nitrogens with zero attached hydrogens (tertiary/aromatic N) is 3. The lowest BCUT2D eigenvalue weighted by molar-refractivity contribution is -0.385. The summed E-state index contributed by atoms with van der Waals surface area (Å²) in [4.78, 5) is 35.0. The van der Waals surface area contributed by atoms with Crippen molar-refractivity contribution in [1.82, 2.24) is 4.90 Å². The molecule has 1 rings (SSSR count). The molecule has 0 atom stereocenters. The predicted molar refractivity (Wildman–Crippen MR) is 77.8 cm³/mol. The molecule has 23 heavy (non-hydrogen) atoms. The predicted octanol–water partition coefficient (Wildman–Crippen LogP) is 1.13. The van der Waals surface area contributed by atoms with Crippen LogP contribution in [-0.4, -0.2) is 49.0 Å². The SMILES string of the molecule is COc1ccc(C(=O)OCC(=O)N(C)CCC#N)cc1[N+](=O)[O-]. The molecule has 9 nitrogen and oxygen atoms in total. The number of hydrogen-bond acceptors (Lipinski definition) is 7. The van der Waals surface area contributed by atoms with E-state index in [9.17, 15) is 19.7 Å². The van der Waals surface area contributed by atoms with E-state index in [1.54, 1.807) is 0 Å². The van der Waals surface area contributed by atoms with Crippen molar-refractivity contribution in [3.05, 3.63) is 33.9 Å². The first kappa shape index (κ1) is 17.9.